The SMILES string of the molecule is COC(=O)c1cc(CNC(=O)CCc2nc3ccccc3n2-c2ccccc2)ccc1OC. The number of aryl methyl sites for hydroxylation is 1. The second-order valence-electron chi connectivity index (χ2n) is 7.49. The van der Waals surface area contributed by atoms with Gasteiger partial charge in [-0.05, 0) is 42.0 Å². The Morgan fingerprint density at radius 2 is 1.73 bits per heavy atom. The molecule has 0 bridgehead atoms. The largest absolute Gasteiger partial charge is 0.496 e. The van der Waals surface area contributed by atoms with Gasteiger partial charge in [-0.3, -0.25) is 9.36 Å². The van der Waals surface area contributed by atoms with Crippen LogP contribution in [0.25, 0.3) is 16.7 Å². The van der Waals surface area contributed by atoms with Gasteiger partial charge in [0, 0.05) is 25.1 Å². The van der Waals surface area contributed by atoms with Crippen molar-refractivity contribution in [1.82, 2.24) is 14.9 Å². The van der Waals surface area contributed by atoms with Gasteiger partial charge in [-0.2, -0.15) is 0 Å². The van der Waals surface area contributed by atoms with Crippen molar-refractivity contribution in [3.8, 4) is 11.4 Å². The minimum Gasteiger partial charge on any atom is -0.496 e. The summed E-state index contributed by atoms with van der Waals surface area (Å²) in [5.41, 5.74) is 4.01. The Morgan fingerprint density at radius 3 is 2.48 bits per heavy atom. The lowest BCUT2D eigenvalue weighted by molar-refractivity contribution is -0.121. The van der Waals surface area contributed by atoms with Crippen molar-refractivity contribution >= 4 is 22.9 Å². The molecule has 0 aliphatic heterocycles. The first-order valence-corrected chi connectivity index (χ1v) is 10.6. The molecule has 168 valence electrons. The van der Waals surface area contributed by atoms with Gasteiger partial charge in [0.05, 0.1) is 25.3 Å². The molecule has 0 saturated carbocycles. The van der Waals surface area contributed by atoms with E-state index in [2.05, 4.69) is 9.88 Å². The van der Waals surface area contributed by atoms with Crippen LogP contribution in [0.2, 0.25) is 0 Å². The summed E-state index contributed by atoms with van der Waals surface area (Å²) in [6.45, 7) is 0.294. The van der Waals surface area contributed by atoms with Crippen LogP contribution in [-0.4, -0.2) is 35.6 Å². The normalized spacial score (nSPS) is 10.7. The monoisotopic (exact) mass is 443 g/mol. The number of benzene rings is 3. The molecule has 1 N–H and O–H groups in total. The van der Waals surface area contributed by atoms with Gasteiger partial charge in [0.2, 0.25) is 5.91 Å². The van der Waals surface area contributed by atoms with E-state index in [9.17, 15) is 9.59 Å². The number of nitrogens with zero attached hydrogens (tertiary/aromatic N) is 2. The molecule has 0 spiro atoms. The molecule has 7 heteroatoms. The van der Waals surface area contributed by atoms with Gasteiger partial charge < -0.3 is 14.8 Å². The molecule has 0 fully saturated rings. The second kappa shape index (κ2) is 9.99. The predicted molar refractivity (Wildman–Crippen MR) is 126 cm³/mol. The van der Waals surface area contributed by atoms with Gasteiger partial charge >= 0.3 is 5.97 Å². The highest BCUT2D eigenvalue weighted by Crippen LogP contribution is 2.23. The number of fused-ring (bicyclic) bond motifs is 1. The first-order chi connectivity index (χ1) is 16.1. The average molecular weight is 444 g/mol. The number of rotatable bonds is 8. The van der Waals surface area contributed by atoms with Crippen LogP contribution in [0, 0.1) is 0 Å². The highest BCUT2D eigenvalue weighted by molar-refractivity contribution is 5.92. The fourth-order valence-corrected chi connectivity index (χ4v) is 3.76. The van der Waals surface area contributed by atoms with E-state index in [1.165, 1.54) is 14.2 Å². The predicted octanol–water partition coefficient (Wildman–Crippen LogP) is 4.07. The van der Waals surface area contributed by atoms with Gasteiger partial charge in [0.15, 0.2) is 0 Å². The van der Waals surface area contributed by atoms with Gasteiger partial charge in [-0.1, -0.05) is 36.4 Å². The number of amides is 1. The summed E-state index contributed by atoms with van der Waals surface area (Å²) in [5, 5.41) is 2.91. The molecular formula is C26H25N3O4. The lowest BCUT2D eigenvalue weighted by atomic mass is 10.1. The number of esters is 1. The van der Waals surface area contributed by atoms with E-state index < -0.39 is 5.97 Å². The van der Waals surface area contributed by atoms with Crippen molar-refractivity contribution in [2.75, 3.05) is 14.2 Å². The Hall–Kier alpha value is -4.13. The molecule has 1 amide bonds. The number of methoxy groups -OCH3 is 2. The summed E-state index contributed by atoms with van der Waals surface area (Å²) in [7, 11) is 2.81. The van der Waals surface area contributed by atoms with Crippen molar-refractivity contribution in [3.63, 3.8) is 0 Å². The number of ether oxygens (including phenoxy) is 2. The summed E-state index contributed by atoms with van der Waals surface area (Å²) in [4.78, 5) is 29.3. The molecule has 0 unspecified atom stereocenters. The van der Waals surface area contributed by atoms with E-state index >= 15 is 0 Å². The lowest BCUT2D eigenvalue weighted by Crippen LogP contribution is -2.23. The molecule has 0 saturated heterocycles. The quantitative estimate of drug-likeness (QED) is 0.415. The summed E-state index contributed by atoms with van der Waals surface area (Å²) >= 11 is 0. The minimum absolute atomic E-state index is 0.0999. The van der Waals surface area contributed by atoms with Crippen LogP contribution in [0.3, 0.4) is 0 Å². The van der Waals surface area contributed by atoms with Crippen LogP contribution in [0.5, 0.6) is 5.75 Å². The first-order valence-electron chi connectivity index (χ1n) is 10.6. The highest BCUT2D eigenvalue weighted by atomic mass is 16.5. The fraction of sp³-hybridized carbons (Fsp3) is 0.192. The molecule has 0 aliphatic carbocycles. The Balaban J connectivity index is 1.45. The van der Waals surface area contributed by atoms with Crippen LogP contribution in [0.1, 0.15) is 28.2 Å². The van der Waals surface area contributed by atoms with Gasteiger partial charge in [0.25, 0.3) is 0 Å². The van der Waals surface area contributed by atoms with Gasteiger partial charge in [-0.25, -0.2) is 9.78 Å². The summed E-state index contributed by atoms with van der Waals surface area (Å²) in [6, 6.07) is 23.1. The smallest absolute Gasteiger partial charge is 0.341 e. The molecule has 1 heterocycles. The fourth-order valence-electron chi connectivity index (χ4n) is 3.76. The van der Waals surface area contributed by atoms with Crippen molar-refractivity contribution in [2.24, 2.45) is 0 Å². The van der Waals surface area contributed by atoms with E-state index in [4.69, 9.17) is 14.5 Å². The van der Waals surface area contributed by atoms with E-state index in [1.54, 1.807) is 18.2 Å². The Morgan fingerprint density at radius 1 is 0.970 bits per heavy atom. The van der Waals surface area contributed by atoms with Crippen LogP contribution in [0.4, 0.5) is 0 Å². The third-order valence-corrected chi connectivity index (χ3v) is 5.38. The summed E-state index contributed by atoms with van der Waals surface area (Å²) in [6.07, 6.45) is 0.779. The zero-order chi connectivity index (χ0) is 23.2. The molecule has 1 aromatic heterocycles. The Bertz CT molecular complexity index is 1280. The molecule has 3 aromatic carbocycles. The van der Waals surface area contributed by atoms with E-state index in [-0.39, 0.29) is 12.3 Å². The van der Waals surface area contributed by atoms with Crippen molar-refractivity contribution in [3.05, 3.63) is 89.7 Å². The number of hydrogen-bond acceptors (Lipinski definition) is 5. The van der Waals surface area contributed by atoms with Gasteiger partial charge in [-0.15, -0.1) is 0 Å². The Labute approximate surface area is 192 Å². The second-order valence-corrected chi connectivity index (χ2v) is 7.49. The Kier molecular flexibility index (Phi) is 6.69. The number of aromatic nitrogens is 2. The zero-order valence-electron chi connectivity index (χ0n) is 18.6. The average Bonchev–Trinajstić information content (AvgIpc) is 3.24. The number of para-hydroxylation sites is 3. The third kappa shape index (κ3) is 4.87. The topological polar surface area (TPSA) is 82.5 Å². The maximum absolute atomic E-state index is 12.6. The maximum Gasteiger partial charge on any atom is 0.341 e. The minimum atomic E-state index is -0.486. The summed E-state index contributed by atoms with van der Waals surface area (Å²) < 4.78 is 12.1. The van der Waals surface area contributed by atoms with Crippen molar-refractivity contribution < 1.29 is 19.1 Å². The van der Waals surface area contributed by atoms with Crippen molar-refractivity contribution in [2.45, 2.75) is 19.4 Å². The molecule has 0 aliphatic rings. The zero-order valence-corrected chi connectivity index (χ0v) is 18.6. The maximum atomic E-state index is 12.6. The third-order valence-electron chi connectivity index (χ3n) is 5.38. The van der Waals surface area contributed by atoms with Crippen LogP contribution >= 0.6 is 0 Å². The molecule has 0 radical (unpaired) electrons. The van der Waals surface area contributed by atoms with Gasteiger partial charge in [0.1, 0.15) is 17.1 Å². The number of nitrogens with one attached hydrogen (secondary N) is 1. The molecule has 33 heavy (non-hydrogen) atoms. The molecule has 4 rings (SSSR count). The number of imidazole rings is 1. The number of carbonyl (C=O) groups is 2. The number of hydrogen-bond donors (Lipinski definition) is 1. The molecule has 4 aromatic rings. The van der Waals surface area contributed by atoms with Crippen LogP contribution in [-0.2, 0) is 22.5 Å². The highest BCUT2D eigenvalue weighted by Gasteiger charge is 2.15. The first kappa shape index (κ1) is 22.1. The standard InChI is InChI=1S/C26H25N3O4/c1-32-23-13-12-18(16-20(23)26(31)33-2)17-27-25(30)15-14-24-28-21-10-6-7-11-22(21)29(24)19-8-4-3-5-9-19/h3-13,16H,14-15,17H2,1-2H3,(H,27,30). The molecular weight excluding hydrogens is 418 g/mol. The molecule has 7 nitrogen and oxygen atoms in total. The lowest BCUT2D eigenvalue weighted by Gasteiger charge is -2.11. The van der Waals surface area contributed by atoms with Crippen molar-refractivity contribution in [1.29, 1.82) is 0 Å². The number of carbonyl (C=O) groups excluding carboxylic acids is 2. The van der Waals surface area contributed by atoms with Crippen LogP contribution < -0.4 is 10.1 Å². The van der Waals surface area contributed by atoms with E-state index in [1.807, 2.05) is 54.6 Å². The van der Waals surface area contributed by atoms with E-state index in [0.29, 0.717) is 24.3 Å². The van der Waals surface area contributed by atoms with Crippen LogP contribution in [0.15, 0.2) is 72.8 Å². The van der Waals surface area contributed by atoms with E-state index in [0.717, 1.165) is 28.1 Å². The molecule has 0 atom stereocenters. The summed E-state index contributed by atoms with van der Waals surface area (Å²) in [5.74, 6) is 0.670.